The number of rotatable bonds is 5. The molecular formula is C12H16N2O3S. The smallest absolute Gasteiger partial charge is 0.307 e. The molecule has 0 aromatic carbocycles. The first-order chi connectivity index (χ1) is 8.49. The van der Waals surface area contributed by atoms with Crippen LogP contribution in [0.2, 0.25) is 0 Å². The van der Waals surface area contributed by atoms with E-state index in [4.69, 9.17) is 5.11 Å². The topological polar surface area (TPSA) is 70.5 Å². The fourth-order valence-corrected chi connectivity index (χ4v) is 2.69. The highest BCUT2D eigenvalue weighted by Crippen LogP contribution is 2.39. The van der Waals surface area contributed by atoms with Crippen LogP contribution in [0.3, 0.4) is 0 Å². The molecule has 1 saturated carbocycles. The number of hydrogen-bond donors (Lipinski definition) is 1. The molecule has 18 heavy (non-hydrogen) atoms. The second-order valence-electron chi connectivity index (χ2n) is 4.66. The zero-order valence-corrected chi connectivity index (χ0v) is 11.2. The van der Waals surface area contributed by atoms with Crippen LogP contribution in [0.1, 0.15) is 16.3 Å². The Bertz CT molecular complexity index is 472. The Morgan fingerprint density at radius 2 is 2.28 bits per heavy atom. The Balaban J connectivity index is 1.80. The zero-order valence-electron chi connectivity index (χ0n) is 10.4. The van der Waals surface area contributed by atoms with Gasteiger partial charge in [0.2, 0.25) is 5.91 Å². The molecule has 98 valence electrons. The number of aromatic nitrogens is 1. The summed E-state index contributed by atoms with van der Waals surface area (Å²) < 4.78 is 0. The average molecular weight is 268 g/mol. The van der Waals surface area contributed by atoms with Gasteiger partial charge < -0.3 is 10.0 Å². The van der Waals surface area contributed by atoms with E-state index in [1.807, 2.05) is 13.1 Å². The van der Waals surface area contributed by atoms with Crippen LogP contribution in [-0.2, 0) is 16.0 Å². The van der Waals surface area contributed by atoms with Crippen molar-refractivity contribution in [2.75, 3.05) is 13.6 Å². The monoisotopic (exact) mass is 268 g/mol. The third-order valence-corrected chi connectivity index (χ3v) is 4.10. The molecular weight excluding hydrogens is 252 g/mol. The highest BCUT2D eigenvalue weighted by atomic mass is 32.1. The van der Waals surface area contributed by atoms with Crippen LogP contribution in [0.15, 0.2) is 6.20 Å². The minimum atomic E-state index is -0.864. The van der Waals surface area contributed by atoms with Crippen molar-refractivity contribution < 1.29 is 14.7 Å². The van der Waals surface area contributed by atoms with Gasteiger partial charge in [-0.3, -0.25) is 9.59 Å². The summed E-state index contributed by atoms with van der Waals surface area (Å²) in [5.41, 5.74) is 0. The number of carboxylic acids is 1. The van der Waals surface area contributed by atoms with Crippen LogP contribution in [0, 0.1) is 18.8 Å². The van der Waals surface area contributed by atoms with Crippen LogP contribution < -0.4 is 0 Å². The molecule has 0 bridgehead atoms. The standard InChI is InChI=1S/C12H16N2O3S/c1-7-6-13-10(18-7)3-4-14(2)11(15)8-5-9(8)12(16)17/h6,8-9H,3-5H2,1-2H3,(H,16,17). The second kappa shape index (κ2) is 5.06. The van der Waals surface area contributed by atoms with Crippen molar-refractivity contribution in [2.24, 2.45) is 11.8 Å². The van der Waals surface area contributed by atoms with Crippen molar-refractivity contribution in [3.05, 3.63) is 16.1 Å². The molecule has 1 aromatic heterocycles. The number of amides is 1. The number of thiazole rings is 1. The Morgan fingerprint density at radius 1 is 1.56 bits per heavy atom. The number of hydrogen-bond acceptors (Lipinski definition) is 4. The van der Waals surface area contributed by atoms with Gasteiger partial charge in [0.1, 0.15) is 0 Å². The summed E-state index contributed by atoms with van der Waals surface area (Å²) in [5.74, 6) is -1.71. The molecule has 1 aliphatic carbocycles. The number of carbonyl (C=O) groups excluding carboxylic acids is 1. The maximum absolute atomic E-state index is 11.9. The number of aliphatic carboxylic acids is 1. The molecule has 2 rings (SSSR count). The summed E-state index contributed by atoms with van der Waals surface area (Å²) in [6, 6.07) is 0. The van der Waals surface area contributed by atoms with Crippen molar-refractivity contribution in [1.82, 2.24) is 9.88 Å². The summed E-state index contributed by atoms with van der Waals surface area (Å²) in [4.78, 5) is 29.6. The maximum atomic E-state index is 11.9. The fourth-order valence-electron chi connectivity index (χ4n) is 1.91. The molecule has 1 N–H and O–H groups in total. The quantitative estimate of drug-likeness (QED) is 0.870. The van der Waals surface area contributed by atoms with E-state index in [2.05, 4.69) is 4.98 Å². The van der Waals surface area contributed by atoms with E-state index in [0.29, 0.717) is 13.0 Å². The van der Waals surface area contributed by atoms with E-state index in [0.717, 1.165) is 16.3 Å². The summed E-state index contributed by atoms with van der Waals surface area (Å²) in [6.07, 6.45) is 3.03. The lowest BCUT2D eigenvalue weighted by Gasteiger charge is -2.16. The van der Waals surface area contributed by atoms with Gasteiger partial charge in [0.05, 0.1) is 16.8 Å². The predicted molar refractivity (Wildman–Crippen MR) is 67.4 cm³/mol. The van der Waals surface area contributed by atoms with Crippen molar-refractivity contribution in [2.45, 2.75) is 19.8 Å². The summed E-state index contributed by atoms with van der Waals surface area (Å²) >= 11 is 1.63. The van der Waals surface area contributed by atoms with Crippen LogP contribution in [0.5, 0.6) is 0 Å². The Morgan fingerprint density at radius 3 is 2.78 bits per heavy atom. The van der Waals surface area contributed by atoms with Crippen LogP contribution in [0.25, 0.3) is 0 Å². The molecule has 1 amide bonds. The lowest BCUT2D eigenvalue weighted by Crippen LogP contribution is -2.31. The van der Waals surface area contributed by atoms with Gasteiger partial charge in [0, 0.05) is 31.1 Å². The summed E-state index contributed by atoms with van der Waals surface area (Å²) in [5, 5.41) is 9.80. The molecule has 6 heteroatoms. The lowest BCUT2D eigenvalue weighted by molar-refractivity contribution is -0.141. The molecule has 0 radical (unpaired) electrons. The average Bonchev–Trinajstić information content (AvgIpc) is 3.03. The van der Waals surface area contributed by atoms with Gasteiger partial charge in [-0.2, -0.15) is 0 Å². The van der Waals surface area contributed by atoms with Gasteiger partial charge in [0.25, 0.3) is 0 Å². The molecule has 0 saturated heterocycles. The minimum Gasteiger partial charge on any atom is -0.481 e. The SMILES string of the molecule is Cc1cnc(CCN(C)C(=O)C2CC2C(=O)O)s1. The third kappa shape index (κ3) is 2.87. The largest absolute Gasteiger partial charge is 0.481 e. The Kier molecular flexibility index (Phi) is 3.65. The number of carbonyl (C=O) groups is 2. The normalized spacial score (nSPS) is 21.7. The van der Waals surface area contributed by atoms with Gasteiger partial charge >= 0.3 is 5.97 Å². The summed E-state index contributed by atoms with van der Waals surface area (Å²) in [7, 11) is 1.72. The Hall–Kier alpha value is -1.43. The number of nitrogens with zero attached hydrogens (tertiary/aromatic N) is 2. The molecule has 1 aliphatic rings. The van der Waals surface area contributed by atoms with Crippen molar-refractivity contribution >= 4 is 23.2 Å². The van der Waals surface area contributed by atoms with Crippen molar-refractivity contribution in [3.8, 4) is 0 Å². The molecule has 0 spiro atoms. The second-order valence-corrected chi connectivity index (χ2v) is 5.98. The van der Waals surface area contributed by atoms with E-state index in [-0.39, 0.29) is 11.8 Å². The highest BCUT2D eigenvalue weighted by Gasteiger charge is 2.49. The van der Waals surface area contributed by atoms with Crippen molar-refractivity contribution in [3.63, 3.8) is 0 Å². The van der Waals surface area contributed by atoms with Gasteiger partial charge in [-0.1, -0.05) is 0 Å². The highest BCUT2D eigenvalue weighted by molar-refractivity contribution is 7.11. The molecule has 2 unspecified atom stereocenters. The van der Waals surface area contributed by atoms with E-state index < -0.39 is 11.9 Å². The van der Waals surface area contributed by atoms with Crippen LogP contribution >= 0.6 is 11.3 Å². The first-order valence-corrected chi connectivity index (χ1v) is 6.69. The zero-order chi connectivity index (χ0) is 13.3. The van der Waals surface area contributed by atoms with E-state index in [1.54, 1.807) is 23.3 Å². The van der Waals surface area contributed by atoms with E-state index in [9.17, 15) is 9.59 Å². The van der Waals surface area contributed by atoms with Gasteiger partial charge in [-0.25, -0.2) is 4.98 Å². The van der Waals surface area contributed by atoms with E-state index >= 15 is 0 Å². The fraction of sp³-hybridized carbons (Fsp3) is 0.583. The van der Waals surface area contributed by atoms with Crippen LogP contribution in [0.4, 0.5) is 0 Å². The number of aryl methyl sites for hydroxylation is 1. The molecule has 1 fully saturated rings. The predicted octanol–water partition coefficient (Wildman–Crippen LogP) is 1.17. The molecule has 5 nitrogen and oxygen atoms in total. The number of likely N-dealkylation sites (N-methyl/N-ethyl adjacent to an activating group) is 1. The minimum absolute atomic E-state index is 0.0596. The first kappa shape index (κ1) is 13.0. The third-order valence-electron chi connectivity index (χ3n) is 3.13. The maximum Gasteiger partial charge on any atom is 0.307 e. The molecule has 1 heterocycles. The van der Waals surface area contributed by atoms with Gasteiger partial charge in [-0.15, -0.1) is 11.3 Å². The van der Waals surface area contributed by atoms with Gasteiger partial charge in [0.15, 0.2) is 0 Å². The molecule has 2 atom stereocenters. The van der Waals surface area contributed by atoms with Crippen molar-refractivity contribution in [1.29, 1.82) is 0 Å². The van der Waals surface area contributed by atoms with Crippen LogP contribution in [-0.4, -0.2) is 40.5 Å². The first-order valence-electron chi connectivity index (χ1n) is 5.88. The lowest BCUT2D eigenvalue weighted by atomic mass is 10.2. The van der Waals surface area contributed by atoms with E-state index in [1.165, 1.54) is 0 Å². The molecule has 0 aliphatic heterocycles. The Labute approximate surface area is 109 Å². The summed E-state index contributed by atoms with van der Waals surface area (Å²) in [6.45, 7) is 2.59. The van der Waals surface area contributed by atoms with Gasteiger partial charge in [-0.05, 0) is 13.3 Å². The molecule has 1 aromatic rings. The number of carboxylic acid groups (broad SMARTS) is 1.